The summed E-state index contributed by atoms with van der Waals surface area (Å²) >= 11 is 0. The highest BCUT2D eigenvalue weighted by Crippen LogP contribution is 2.58. The molecular weight excluding hydrogens is 363 g/mol. The summed E-state index contributed by atoms with van der Waals surface area (Å²) < 4.78 is 47.4. The van der Waals surface area contributed by atoms with Crippen LogP contribution in [0.3, 0.4) is 0 Å². The maximum atomic E-state index is 12.6. The number of hydrogen-bond donors (Lipinski definition) is 1. The van der Waals surface area contributed by atoms with E-state index >= 15 is 0 Å². The number of carbonyl (C=O) groups excluding carboxylic acids is 1. The first-order chi connectivity index (χ1) is 12.9. The second kappa shape index (κ2) is 6.63. The molecule has 4 rings (SSSR count). The molecule has 1 aromatic heterocycles. The number of aromatic nitrogens is 2. The molecule has 1 atom stereocenters. The van der Waals surface area contributed by atoms with Crippen LogP contribution in [0.15, 0.2) is 28.8 Å². The van der Waals surface area contributed by atoms with E-state index < -0.39 is 12.1 Å². The summed E-state index contributed by atoms with van der Waals surface area (Å²) in [4.78, 5) is 15.8. The van der Waals surface area contributed by atoms with Crippen molar-refractivity contribution in [3.8, 4) is 11.4 Å². The average Bonchev–Trinajstić information content (AvgIpc) is 3.08. The Bertz CT molecular complexity index is 844. The molecule has 144 valence electrons. The van der Waals surface area contributed by atoms with Gasteiger partial charge in [-0.05, 0) is 42.7 Å². The second-order valence-electron chi connectivity index (χ2n) is 7.09. The highest BCUT2D eigenvalue weighted by molar-refractivity contribution is 5.95. The molecule has 6 nitrogen and oxygen atoms in total. The third-order valence-corrected chi connectivity index (χ3v) is 5.41. The zero-order valence-corrected chi connectivity index (χ0v) is 14.4. The topological polar surface area (TPSA) is 77.2 Å². The summed E-state index contributed by atoms with van der Waals surface area (Å²) in [5, 5.41) is 6.26. The van der Waals surface area contributed by atoms with E-state index in [0.29, 0.717) is 23.4 Å². The molecule has 1 unspecified atom stereocenters. The first-order valence-electron chi connectivity index (χ1n) is 8.75. The minimum absolute atomic E-state index is 0.208. The van der Waals surface area contributed by atoms with Crippen molar-refractivity contribution in [1.29, 1.82) is 0 Å². The van der Waals surface area contributed by atoms with E-state index in [1.165, 1.54) is 12.1 Å². The van der Waals surface area contributed by atoms with Gasteiger partial charge in [0.1, 0.15) is 0 Å². The molecule has 2 heterocycles. The third-order valence-electron chi connectivity index (χ3n) is 5.41. The van der Waals surface area contributed by atoms with Gasteiger partial charge in [0, 0.05) is 30.9 Å². The molecule has 1 spiro atoms. The summed E-state index contributed by atoms with van der Waals surface area (Å²) in [7, 11) is 0. The molecule has 1 saturated heterocycles. The van der Waals surface area contributed by atoms with Gasteiger partial charge >= 0.3 is 12.1 Å². The van der Waals surface area contributed by atoms with E-state index in [9.17, 15) is 18.0 Å². The minimum Gasteiger partial charge on any atom is -0.381 e. The summed E-state index contributed by atoms with van der Waals surface area (Å²) in [6.07, 6.45) is -1.55. The van der Waals surface area contributed by atoms with Crippen LogP contribution >= 0.6 is 0 Å². The van der Waals surface area contributed by atoms with Gasteiger partial charge in [0.25, 0.3) is 5.91 Å². The molecule has 27 heavy (non-hydrogen) atoms. The number of halogens is 3. The van der Waals surface area contributed by atoms with Crippen molar-refractivity contribution in [1.82, 2.24) is 15.5 Å². The lowest BCUT2D eigenvalue weighted by atomic mass is 9.94. The fourth-order valence-electron chi connectivity index (χ4n) is 3.68. The number of nitrogens with zero attached hydrogens (tertiary/aromatic N) is 2. The first kappa shape index (κ1) is 18.0. The molecule has 1 saturated carbocycles. The number of nitrogens with one attached hydrogen (secondary N) is 1. The van der Waals surface area contributed by atoms with E-state index in [4.69, 9.17) is 4.74 Å². The summed E-state index contributed by atoms with van der Waals surface area (Å²) in [6.45, 7) is 2.14. The molecule has 0 bridgehead atoms. The van der Waals surface area contributed by atoms with Gasteiger partial charge in [-0.1, -0.05) is 17.3 Å². The van der Waals surface area contributed by atoms with E-state index in [-0.39, 0.29) is 17.3 Å². The van der Waals surface area contributed by atoms with Gasteiger partial charge < -0.3 is 14.6 Å². The van der Waals surface area contributed by atoms with Gasteiger partial charge in [0.15, 0.2) is 0 Å². The summed E-state index contributed by atoms with van der Waals surface area (Å²) in [5.74, 6) is -1.44. The summed E-state index contributed by atoms with van der Waals surface area (Å²) in [6, 6.07) is 6.16. The molecule has 2 aliphatic rings. The molecule has 2 aromatic rings. The Kier molecular flexibility index (Phi) is 4.41. The van der Waals surface area contributed by atoms with Gasteiger partial charge in [-0.3, -0.25) is 4.79 Å². The standard InChI is InChI=1S/C18H18F3N3O3/c19-18(20,21)16-23-14(24-27-16)11-2-1-3-12(8-11)15(25)22-10-13-9-17(13)4-6-26-7-5-17/h1-3,8,13H,4-7,9-10H2,(H,22,25). The highest BCUT2D eigenvalue weighted by atomic mass is 19.4. The minimum atomic E-state index is -4.70. The molecule has 1 aromatic carbocycles. The Labute approximate surface area is 153 Å². The maximum absolute atomic E-state index is 12.6. The highest BCUT2D eigenvalue weighted by Gasteiger charge is 2.53. The van der Waals surface area contributed by atoms with Crippen molar-refractivity contribution >= 4 is 5.91 Å². The van der Waals surface area contributed by atoms with Crippen LogP contribution in [0.2, 0.25) is 0 Å². The fraction of sp³-hybridized carbons (Fsp3) is 0.500. The SMILES string of the molecule is O=C(NCC1CC12CCOCC2)c1cccc(-c2noc(C(F)(F)F)n2)c1. The molecule has 1 aliphatic carbocycles. The van der Waals surface area contributed by atoms with Crippen LogP contribution < -0.4 is 5.32 Å². The Morgan fingerprint density at radius 3 is 2.78 bits per heavy atom. The average molecular weight is 381 g/mol. The van der Waals surface area contributed by atoms with Crippen LogP contribution in [0.25, 0.3) is 11.4 Å². The zero-order chi connectivity index (χ0) is 19.1. The third kappa shape index (κ3) is 3.69. The predicted octanol–water partition coefficient (Wildman–Crippen LogP) is 3.30. The van der Waals surface area contributed by atoms with E-state index in [1.54, 1.807) is 12.1 Å². The van der Waals surface area contributed by atoms with E-state index in [0.717, 1.165) is 32.5 Å². The Morgan fingerprint density at radius 2 is 2.07 bits per heavy atom. The number of rotatable bonds is 4. The van der Waals surface area contributed by atoms with Crippen molar-refractivity contribution in [2.45, 2.75) is 25.4 Å². The largest absolute Gasteiger partial charge is 0.471 e. The Morgan fingerprint density at radius 1 is 1.30 bits per heavy atom. The monoisotopic (exact) mass is 381 g/mol. The number of benzene rings is 1. The molecule has 2 fully saturated rings. The van der Waals surface area contributed by atoms with Gasteiger partial charge in [-0.2, -0.15) is 18.2 Å². The quantitative estimate of drug-likeness (QED) is 0.879. The molecule has 1 aliphatic heterocycles. The van der Waals surface area contributed by atoms with Crippen LogP contribution in [0.1, 0.15) is 35.5 Å². The second-order valence-corrected chi connectivity index (χ2v) is 7.09. The number of carbonyl (C=O) groups is 1. The van der Waals surface area contributed by atoms with Crippen molar-refractivity contribution in [2.24, 2.45) is 11.3 Å². The number of alkyl halides is 3. The van der Waals surface area contributed by atoms with Crippen molar-refractivity contribution in [3.05, 3.63) is 35.7 Å². The maximum Gasteiger partial charge on any atom is 0.471 e. The summed E-state index contributed by atoms with van der Waals surface area (Å²) in [5.41, 5.74) is 0.938. The van der Waals surface area contributed by atoms with Crippen LogP contribution in [0.4, 0.5) is 13.2 Å². The molecule has 1 N–H and O–H groups in total. The van der Waals surface area contributed by atoms with Crippen LogP contribution in [-0.2, 0) is 10.9 Å². The Hall–Kier alpha value is -2.42. The van der Waals surface area contributed by atoms with Crippen molar-refractivity contribution in [2.75, 3.05) is 19.8 Å². The van der Waals surface area contributed by atoms with E-state index in [2.05, 4.69) is 20.0 Å². The van der Waals surface area contributed by atoms with Crippen LogP contribution in [0.5, 0.6) is 0 Å². The number of hydrogen-bond acceptors (Lipinski definition) is 5. The molecule has 0 radical (unpaired) electrons. The van der Waals surface area contributed by atoms with Crippen LogP contribution in [0, 0.1) is 11.3 Å². The van der Waals surface area contributed by atoms with Gasteiger partial charge in [-0.25, -0.2) is 0 Å². The van der Waals surface area contributed by atoms with E-state index in [1.807, 2.05) is 0 Å². The van der Waals surface area contributed by atoms with Gasteiger partial charge in [0.2, 0.25) is 5.82 Å². The molecule has 1 amide bonds. The van der Waals surface area contributed by atoms with Crippen LogP contribution in [-0.4, -0.2) is 35.8 Å². The molecular formula is C18H18F3N3O3. The lowest BCUT2D eigenvalue weighted by Crippen LogP contribution is -2.28. The smallest absolute Gasteiger partial charge is 0.381 e. The number of ether oxygens (including phenoxy) is 1. The fourth-order valence-corrected chi connectivity index (χ4v) is 3.68. The first-order valence-corrected chi connectivity index (χ1v) is 8.75. The lowest BCUT2D eigenvalue weighted by molar-refractivity contribution is -0.159. The van der Waals surface area contributed by atoms with Crippen molar-refractivity contribution < 1.29 is 27.2 Å². The molecule has 9 heteroatoms. The zero-order valence-electron chi connectivity index (χ0n) is 14.4. The van der Waals surface area contributed by atoms with Gasteiger partial charge in [-0.15, -0.1) is 0 Å². The Balaban J connectivity index is 1.40. The van der Waals surface area contributed by atoms with Crippen molar-refractivity contribution in [3.63, 3.8) is 0 Å². The number of amides is 1. The lowest BCUT2D eigenvalue weighted by Gasteiger charge is -2.23. The van der Waals surface area contributed by atoms with Gasteiger partial charge in [0.05, 0.1) is 0 Å². The predicted molar refractivity (Wildman–Crippen MR) is 87.7 cm³/mol. The normalized spacial score (nSPS) is 21.2.